The molecule has 3 atom stereocenters. The van der Waals surface area contributed by atoms with Gasteiger partial charge in [-0.15, -0.1) is 0 Å². The van der Waals surface area contributed by atoms with E-state index in [1.165, 1.54) is 11.8 Å². The standard InChI is InChI=1S/C37H51N9O5S2/c1-2-3-12-27(31(39)47)43-33(49)28(13-7-8-20-38)45-34(50)29(14-9-21-42-36(40)41)44-32(48)26-17-15-25(16-18-26)23-30-35(51)46(37(52)53-30)22-19-24-10-5-4-6-11-24/h4-6,10-11,15-18,23,27-29H,2-3,7-9,12-14,19-22,38H2,1H3,(H2,39,47)(H,43,49)(H,44,48)(H,45,50)(H4,40,41,42)/b30-23-/t27-,28-,29-/m0/s1. The predicted octanol–water partition coefficient (Wildman–Crippen LogP) is 2.06. The molecule has 11 N–H and O–H groups in total. The van der Waals surface area contributed by atoms with Crippen LogP contribution in [0, 0.1) is 0 Å². The van der Waals surface area contributed by atoms with Crippen LogP contribution in [0.3, 0.4) is 0 Å². The zero-order chi connectivity index (χ0) is 38.8. The predicted molar refractivity (Wildman–Crippen MR) is 213 cm³/mol. The summed E-state index contributed by atoms with van der Waals surface area (Å²) in [6.07, 6.45) is 6.19. The van der Waals surface area contributed by atoms with Gasteiger partial charge in [0.1, 0.15) is 22.4 Å². The minimum atomic E-state index is -1.05. The van der Waals surface area contributed by atoms with E-state index in [1.54, 1.807) is 35.2 Å². The van der Waals surface area contributed by atoms with Crippen molar-refractivity contribution in [3.8, 4) is 0 Å². The van der Waals surface area contributed by atoms with E-state index in [0.29, 0.717) is 66.4 Å². The van der Waals surface area contributed by atoms with Gasteiger partial charge in [0, 0.05) is 18.7 Å². The van der Waals surface area contributed by atoms with Gasteiger partial charge < -0.3 is 38.9 Å². The number of nitrogens with zero attached hydrogens (tertiary/aromatic N) is 2. The van der Waals surface area contributed by atoms with Crippen LogP contribution in [0.4, 0.5) is 0 Å². The van der Waals surface area contributed by atoms with E-state index in [2.05, 4.69) is 20.9 Å². The Morgan fingerprint density at radius 3 is 2.09 bits per heavy atom. The fourth-order valence-electron chi connectivity index (χ4n) is 5.47. The van der Waals surface area contributed by atoms with E-state index in [-0.39, 0.29) is 36.8 Å². The molecule has 1 aliphatic rings. The molecule has 14 nitrogen and oxygen atoms in total. The van der Waals surface area contributed by atoms with Gasteiger partial charge in [-0.25, -0.2) is 0 Å². The molecule has 1 aliphatic heterocycles. The number of primary amides is 1. The lowest BCUT2D eigenvalue weighted by Gasteiger charge is -2.25. The van der Waals surface area contributed by atoms with Crippen molar-refractivity contribution in [1.29, 1.82) is 0 Å². The van der Waals surface area contributed by atoms with Crippen LogP contribution in [0.15, 0.2) is 64.5 Å². The van der Waals surface area contributed by atoms with Crippen molar-refractivity contribution >= 4 is 69.9 Å². The van der Waals surface area contributed by atoms with E-state index < -0.39 is 41.8 Å². The van der Waals surface area contributed by atoms with Gasteiger partial charge in [-0.2, -0.15) is 0 Å². The third-order valence-electron chi connectivity index (χ3n) is 8.46. The Morgan fingerprint density at radius 2 is 1.47 bits per heavy atom. The molecule has 286 valence electrons. The van der Waals surface area contributed by atoms with Crippen LogP contribution in [0.5, 0.6) is 0 Å². The zero-order valence-electron chi connectivity index (χ0n) is 30.1. The van der Waals surface area contributed by atoms with Crippen LogP contribution in [0.1, 0.15) is 79.8 Å². The van der Waals surface area contributed by atoms with Crippen molar-refractivity contribution in [2.24, 2.45) is 27.9 Å². The number of carbonyl (C=O) groups is 5. The molecule has 0 bridgehead atoms. The Balaban J connectivity index is 1.72. The smallest absolute Gasteiger partial charge is 0.266 e. The first-order valence-electron chi connectivity index (χ1n) is 17.8. The Hall–Kier alpha value is -4.80. The SMILES string of the molecule is CCCC[C@H](NC(=O)[C@H](CCCCN)NC(=O)[C@H](CCCN=C(N)N)NC(=O)c1ccc(/C=C2\SC(=S)N(CCc3ccccc3)C2=O)cc1)C(N)=O. The highest BCUT2D eigenvalue weighted by Gasteiger charge is 2.32. The molecular weight excluding hydrogens is 715 g/mol. The Bertz CT molecular complexity index is 1630. The highest BCUT2D eigenvalue weighted by atomic mass is 32.2. The number of carbonyl (C=O) groups excluding carboxylic acids is 5. The van der Waals surface area contributed by atoms with E-state index in [9.17, 15) is 24.0 Å². The summed E-state index contributed by atoms with van der Waals surface area (Å²) in [6, 6.07) is 13.5. The second kappa shape index (κ2) is 22.3. The molecule has 2 aromatic carbocycles. The topological polar surface area (TPSA) is 241 Å². The average molecular weight is 766 g/mol. The molecule has 5 amide bonds. The molecule has 1 heterocycles. The van der Waals surface area contributed by atoms with Crippen molar-refractivity contribution in [3.05, 3.63) is 76.2 Å². The monoisotopic (exact) mass is 765 g/mol. The minimum Gasteiger partial charge on any atom is -0.370 e. The van der Waals surface area contributed by atoms with E-state index in [4.69, 9.17) is 35.2 Å². The molecular formula is C37H51N9O5S2. The summed E-state index contributed by atoms with van der Waals surface area (Å²) in [5.74, 6) is -2.61. The largest absolute Gasteiger partial charge is 0.370 e. The maximum absolute atomic E-state index is 13.7. The van der Waals surface area contributed by atoms with Crippen molar-refractivity contribution in [2.45, 2.75) is 82.8 Å². The number of rotatable bonds is 22. The summed E-state index contributed by atoms with van der Waals surface area (Å²) in [6.45, 7) is 3.04. The lowest BCUT2D eigenvalue weighted by Crippen LogP contribution is -2.56. The molecule has 3 rings (SSSR count). The molecule has 16 heteroatoms. The number of benzene rings is 2. The van der Waals surface area contributed by atoms with Crippen molar-refractivity contribution in [2.75, 3.05) is 19.6 Å². The first kappa shape index (κ1) is 42.6. The van der Waals surface area contributed by atoms with Crippen LogP contribution in [0.2, 0.25) is 0 Å². The molecule has 53 heavy (non-hydrogen) atoms. The van der Waals surface area contributed by atoms with Crippen LogP contribution in [0.25, 0.3) is 6.08 Å². The molecule has 1 saturated heterocycles. The number of aliphatic imine (C=N–C) groups is 1. The highest BCUT2D eigenvalue weighted by molar-refractivity contribution is 8.26. The lowest BCUT2D eigenvalue weighted by atomic mass is 10.0. The summed E-state index contributed by atoms with van der Waals surface area (Å²) in [4.78, 5) is 71.6. The van der Waals surface area contributed by atoms with Crippen molar-refractivity contribution < 1.29 is 24.0 Å². The number of amides is 5. The van der Waals surface area contributed by atoms with Crippen LogP contribution in [-0.2, 0) is 25.6 Å². The zero-order valence-corrected chi connectivity index (χ0v) is 31.7. The van der Waals surface area contributed by atoms with Gasteiger partial charge in [-0.1, -0.05) is 86.2 Å². The second-order valence-electron chi connectivity index (χ2n) is 12.6. The number of nitrogens with one attached hydrogen (secondary N) is 3. The van der Waals surface area contributed by atoms with Crippen LogP contribution >= 0.6 is 24.0 Å². The average Bonchev–Trinajstić information content (AvgIpc) is 3.40. The maximum atomic E-state index is 13.7. The summed E-state index contributed by atoms with van der Waals surface area (Å²) < 4.78 is 0.487. The summed E-state index contributed by atoms with van der Waals surface area (Å²) >= 11 is 6.71. The number of hydrogen-bond donors (Lipinski definition) is 7. The molecule has 0 saturated carbocycles. The van der Waals surface area contributed by atoms with Gasteiger partial charge in [-0.3, -0.25) is 33.9 Å². The number of thiocarbonyl (C=S) groups is 1. The molecule has 0 spiro atoms. The fraction of sp³-hybridized carbons (Fsp3) is 0.432. The number of hydrogen-bond acceptors (Lipinski definition) is 9. The number of unbranched alkanes of at least 4 members (excludes halogenated alkanes) is 2. The van der Waals surface area contributed by atoms with E-state index in [1.807, 2.05) is 37.3 Å². The molecule has 0 aromatic heterocycles. The third-order valence-corrected chi connectivity index (χ3v) is 9.84. The van der Waals surface area contributed by atoms with Crippen LogP contribution in [-0.4, -0.2) is 82.5 Å². The molecule has 0 radical (unpaired) electrons. The Kier molecular flexibility index (Phi) is 17.9. The lowest BCUT2D eigenvalue weighted by molar-refractivity contribution is -0.132. The van der Waals surface area contributed by atoms with Crippen molar-refractivity contribution in [1.82, 2.24) is 20.9 Å². The third kappa shape index (κ3) is 14.3. The van der Waals surface area contributed by atoms with Gasteiger partial charge >= 0.3 is 0 Å². The van der Waals surface area contributed by atoms with Crippen molar-refractivity contribution in [3.63, 3.8) is 0 Å². The highest BCUT2D eigenvalue weighted by Crippen LogP contribution is 2.32. The summed E-state index contributed by atoms with van der Waals surface area (Å²) in [5, 5.41) is 8.21. The van der Waals surface area contributed by atoms with E-state index >= 15 is 0 Å². The fourth-order valence-corrected chi connectivity index (χ4v) is 6.78. The first-order valence-corrected chi connectivity index (χ1v) is 19.0. The number of thioether (sulfide) groups is 1. The normalized spacial score (nSPS) is 15.1. The van der Waals surface area contributed by atoms with Gasteiger partial charge in [0.25, 0.3) is 11.8 Å². The molecule has 1 fully saturated rings. The molecule has 0 unspecified atom stereocenters. The molecule has 2 aromatic rings. The summed E-state index contributed by atoms with van der Waals surface area (Å²) in [7, 11) is 0. The van der Waals surface area contributed by atoms with Gasteiger partial charge in [-0.05, 0) is 80.8 Å². The number of nitrogens with two attached hydrogens (primary N) is 4. The van der Waals surface area contributed by atoms with E-state index in [0.717, 1.165) is 12.0 Å². The Labute approximate surface area is 320 Å². The maximum Gasteiger partial charge on any atom is 0.266 e. The quantitative estimate of drug-likeness (QED) is 0.0303. The minimum absolute atomic E-state index is 0.103. The van der Waals surface area contributed by atoms with Crippen LogP contribution < -0.4 is 38.9 Å². The molecule has 0 aliphatic carbocycles. The Morgan fingerprint density at radius 1 is 0.849 bits per heavy atom. The summed E-state index contributed by atoms with van der Waals surface area (Å²) in [5.41, 5.74) is 24.2. The first-order chi connectivity index (χ1) is 25.4. The number of guanidine groups is 1. The van der Waals surface area contributed by atoms with Gasteiger partial charge in [0.2, 0.25) is 17.7 Å². The second-order valence-corrected chi connectivity index (χ2v) is 14.3. The van der Waals surface area contributed by atoms with Gasteiger partial charge in [0.05, 0.1) is 4.91 Å². The van der Waals surface area contributed by atoms with Gasteiger partial charge in [0.15, 0.2) is 5.96 Å².